The Labute approximate surface area is 147 Å². The molecule has 2 atom stereocenters. The van der Waals surface area contributed by atoms with E-state index in [4.69, 9.17) is 10.5 Å². The van der Waals surface area contributed by atoms with Crippen molar-refractivity contribution in [2.45, 2.75) is 45.1 Å². The Hall–Kier alpha value is -2.37. The summed E-state index contributed by atoms with van der Waals surface area (Å²) in [5.41, 5.74) is 7.10. The van der Waals surface area contributed by atoms with Gasteiger partial charge in [-0.2, -0.15) is 0 Å². The van der Waals surface area contributed by atoms with E-state index in [0.29, 0.717) is 18.2 Å². The molecule has 2 unspecified atom stereocenters. The number of phenols is 1. The first-order valence-corrected chi connectivity index (χ1v) is 8.88. The fourth-order valence-corrected chi connectivity index (χ4v) is 3.64. The average Bonchev–Trinajstić information content (AvgIpc) is 2.60. The fraction of sp³-hybridized carbons (Fsp3) is 0.526. The molecule has 1 aliphatic heterocycles. The zero-order valence-electron chi connectivity index (χ0n) is 14.5. The molecule has 3 N–H and O–H groups in total. The minimum Gasteiger partial charge on any atom is -0.508 e. The van der Waals surface area contributed by atoms with Crippen LogP contribution in [0.15, 0.2) is 34.3 Å². The number of hydrogen-bond acceptors (Lipinski definition) is 6. The van der Waals surface area contributed by atoms with Crippen molar-refractivity contribution in [3.63, 3.8) is 0 Å². The second kappa shape index (κ2) is 7.68. The second-order valence-electron chi connectivity index (χ2n) is 6.89. The van der Waals surface area contributed by atoms with Gasteiger partial charge in [-0.3, -0.25) is 4.79 Å². The van der Waals surface area contributed by atoms with Gasteiger partial charge < -0.3 is 15.6 Å². The molecule has 3 rings (SSSR count). The van der Waals surface area contributed by atoms with Gasteiger partial charge in [0.1, 0.15) is 11.7 Å². The Bertz CT molecular complexity index is 693. The largest absolute Gasteiger partial charge is 0.508 e. The van der Waals surface area contributed by atoms with Crippen molar-refractivity contribution in [1.82, 2.24) is 0 Å². The predicted octanol–water partition coefficient (Wildman–Crippen LogP) is 2.96. The van der Waals surface area contributed by atoms with Gasteiger partial charge in [0.05, 0.1) is 12.6 Å². The first kappa shape index (κ1) is 17.5. The molecular weight excluding hydrogens is 318 g/mol. The van der Waals surface area contributed by atoms with Crippen LogP contribution in [0.2, 0.25) is 0 Å². The number of aliphatic imine (C=N–C) groups is 2. The van der Waals surface area contributed by atoms with Gasteiger partial charge in [0.25, 0.3) is 0 Å². The Morgan fingerprint density at radius 1 is 1.32 bits per heavy atom. The third-order valence-corrected chi connectivity index (χ3v) is 4.98. The topological polar surface area (TPSA) is 97.3 Å². The lowest BCUT2D eigenvalue weighted by atomic mass is 9.88. The lowest BCUT2D eigenvalue weighted by Crippen LogP contribution is -2.35. The van der Waals surface area contributed by atoms with Crippen LogP contribution in [0.3, 0.4) is 0 Å². The zero-order chi connectivity index (χ0) is 17.8. The van der Waals surface area contributed by atoms with Crippen LogP contribution in [-0.4, -0.2) is 29.4 Å². The van der Waals surface area contributed by atoms with E-state index in [1.165, 1.54) is 19.3 Å². The van der Waals surface area contributed by atoms with Crippen molar-refractivity contribution >= 4 is 17.6 Å². The highest BCUT2D eigenvalue weighted by molar-refractivity contribution is 6.08. The smallest absolute Gasteiger partial charge is 0.317 e. The first-order valence-electron chi connectivity index (χ1n) is 8.88. The summed E-state index contributed by atoms with van der Waals surface area (Å²) in [5, 5.41) is 9.75. The Kier molecular flexibility index (Phi) is 5.36. The van der Waals surface area contributed by atoms with Crippen LogP contribution in [0.1, 0.15) is 50.6 Å². The fourth-order valence-electron chi connectivity index (χ4n) is 3.64. The van der Waals surface area contributed by atoms with E-state index in [-0.39, 0.29) is 17.7 Å². The number of carbonyl (C=O) groups excluding carboxylic acids is 1. The molecule has 0 spiro atoms. The number of aromatic hydroxyl groups is 1. The van der Waals surface area contributed by atoms with Crippen molar-refractivity contribution < 1.29 is 14.6 Å². The second-order valence-corrected chi connectivity index (χ2v) is 6.89. The number of esters is 1. The highest BCUT2D eigenvalue weighted by atomic mass is 16.5. The molecule has 1 heterocycles. The molecule has 1 aromatic rings. The quantitative estimate of drug-likeness (QED) is 0.821. The average molecular weight is 343 g/mol. The molecule has 0 saturated heterocycles. The van der Waals surface area contributed by atoms with Crippen LogP contribution < -0.4 is 5.73 Å². The maximum atomic E-state index is 12.8. The van der Waals surface area contributed by atoms with Gasteiger partial charge >= 0.3 is 5.97 Å². The van der Waals surface area contributed by atoms with E-state index in [1.807, 2.05) is 6.07 Å². The van der Waals surface area contributed by atoms with Crippen LogP contribution >= 0.6 is 0 Å². The number of rotatable bonds is 4. The van der Waals surface area contributed by atoms with Crippen molar-refractivity contribution in [1.29, 1.82) is 0 Å². The number of guanidine groups is 1. The van der Waals surface area contributed by atoms with E-state index in [0.717, 1.165) is 18.4 Å². The molecule has 134 valence electrons. The van der Waals surface area contributed by atoms with Gasteiger partial charge in [0.2, 0.25) is 5.96 Å². The van der Waals surface area contributed by atoms with Gasteiger partial charge in [-0.15, -0.1) is 0 Å². The highest BCUT2D eigenvalue weighted by Gasteiger charge is 2.36. The number of benzene rings is 1. The van der Waals surface area contributed by atoms with Gasteiger partial charge in [0.15, 0.2) is 0 Å². The van der Waals surface area contributed by atoms with E-state index < -0.39 is 12.0 Å². The van der Waals surface area contributed by atoms with Gasteiger partial charge in [0, 0.05) is 5.71 Å². The first-order chi connectivity index (χ1) is 12.0. The lowest BCUT2D eigenvalue weighted by Gasteiger charge is -2.28. The lowest BCUT2D eigenvalue weighted by molar-refractivity contribution is -0.148. The molecule has 0 amide bonds. The summed E-state index contributed by atoms with van der Waals surface area (Å²) in [6.45, 7) is 2.22. The summed E-state index contributed by atoms with van der Waals surface area (Å²) in [6.07, 6.45) is 5.92. The summed E-state index contributed by atoms with van der Waals surface area (Å²) >= 11 is 0. The summed E-state index contributed by atoms with van der Waals surface area (Å²) in [5.74, 6) is -0.219. The summed E-state index contributed by atoms with van der Waals surface area (Å²) < 4.78 is 5.62. The van der Waals surface area contributed by atoms with Crippen LogP contribution in [0.25, 0.3) is 0 Å². The molecule has 0 bridgehead atoms. The third kappa shape index (κ3) is 4.18. The summed E-state index contributed by atoms with van der Waals surface area (Å²) in [4.78, 5) is 21.2. The molecule has 1 aromatic carbocycles. The minimum absolute atomic E-state index is 0.126. The van der Waals surface area contributed by atoms with Crippen LogP contribution in [0.4, 0.5) is 0 Å². The third-order valence-electron chi connectivity index (χ3n) is 4.98. The number of phenolic OH excluding ortho intramolecular Hbond substituents is 1. The van der Waals surface area contributed by atoms with E-state index in [9.17, 15) is 9.90 Å². The number of nitrogens with zero attached hydrogens (tertiary/aromatic N) is 2. The van der Waals surface area contributed by atoms with Crippen molar-refractivity contribution in [2.24, 2.45) is 27.6 Å². The normalized spacial score (nSPS) is 24.4. The monoisotopic (exact) mass is 343 g/mol. The molecule has 6 nitrogen and oxygen atoms in total. The van der Waals surface area contributed by atoms with Gasteiger partial charge in [-0.25, -0.2) is 9.98 Å². The number of hydrogen-bond donors (Lipinski definition) is 2. The minimum atomic E-state index is -0.613. The Morgan fingerprint density at radius 2 is 2.08 bits per heavy atom. The maximum absolute atomic E-state index is 12.8. The zero-order valence-corrected chi connectivity index (χ0v) is 14.5. The van der Waals surface area contributed by atoms with E-state index in [1.54, 1.807) is 25.1 Å². The van der Waals surface area contributed by atoms with Crippen molar-refractivity contribution in [3.8, 4) is 5.75 Å². The number of nitrogens with two attached hydrogens (primary N) is 1. The van der Waals surface area contributed by atoms with Crippen LogP contribution in [0.5, 0.6) is 5.75 Å². The Balaban J connectivity index is 1.76. The molecule has 1 aliphatic carbocycles. The summed E-state index contributed by atoms with van der Waals surface area (Å²) in [7, 11) is 0. The van der Waals surface area contributed by atoms with Crippen LogP contribution in [0, 0.1) is 11.8 Å². The Morgan fingerprint density at radius 3 is 2.80 bits per heavy atom. The molecular formula is C19H25N3O3. The van der Waals surface area contributed by atoms with Crippen molar-refractivity contribution in [3.05, 3.63) is 29.8 Å². The van der Waals surface area contributed by atoms with Gasteiger partial charge in [-0.1, -0.05) is 31.4 Å². The number of carbonyl (C=O) groups is 1. The standard InChI is InChI=1S/C19H25N3O3/c1-12-16(18(24)25-11-13-6-3-2-4-7-13)17(22-19(20)21-12)14-8-5-9-15(23)10-14/h5,8-10,13,16-17,23H,2-4,6-7,11H2,1H3,(H2,20,22). The SMILES string of the molecule is CC1=NC(N)=NC(c2cccc(O)c2)C1C(=O)OCC1CCCCC1. The molecule has 0 radical (unpaired) electrons. The number of ether oxygens (including phenoxy) is 1. The molecule has 6 heteroatoms. The van der Waals surface area contributed by atoms with Crippen LogP contribution in [-0.2, 0) is 9.53 Å². The molecule has 0 aromatic heterocycles. The molecule has 1 fully saturated rings. The maximum Gasteiger partial charge on any atom is 0.317 e. The van der Waals surface area contributed by atoms with E-state index >= 15 is 0 Å². The highest BCUT2D eigenvalue weighted by Crippen LogP contribution is 2.33. The molecule has 25 heavy (non-hydrogen) atoms. The van der Waals surface area contributed by atoms with Crippen molar-refractivity contribution in [2.75, 3.05) is 6.61 Å². The molecule has 1 saturated carbocycles. The molecule has 2 aliphatic rings. The summed E-state index contributed by atoms with van der Waals surface area (Å²) in [6, 6.07) is 6.20. The predicted molar refractivity (Wildman–Crippen MR) is 96.6 cm³/mol. The van der Waals surface area contributed by atoms with E-state index in [2.05, 4.69) is 9.98 Å². The van der Waals surface area contributed by atoms with Gasteiger partial charge in [-0.05, 0) is 43.4 Å².